The zero-order valence-corrected chi connectivity index (χ0v) is 15.2. The van der Waals surface area contributed by atoms with Crippen LogP contribution in [-0.2, 0) is 12.1 Å². The van der Waals surface area contributed by atoms with Gasteiger partial charge in [0.15, 0.2) is 5.69 Å². The Morgan fingerprint density at radius 2 is 1.85 bits per heavy atom. The quantitative estimate of drug-likeness (QED) is 0.745. The van der Waals surface area contributed by atoms with Gasteiger partial charge < -0.3 is 10.1 Å². The molecule has 0 aliphatic heterocycles. The molecule has 0 aliphatic carbocycles. The minimum Gasteiger partial charge on any atom is -0.497 e. The molecule has 1 N–H and O–H groups in total. The first-order valence-electron chi connectivity index (χ1n) is 8.13. The van der Waals surface area contributed by atoms with Crippen LogP contribution in [0.3, 0.4) is 0 Å². The van der Waals surface area contributed by atoms with Gasteiger partial charge in [-0.3, -0.25) is 4.79 Å². The molecule has 0 fully saturated rings. The van der Waals surface area contributed by atoms with E-state index < -0.39 is 0 Å². The van der Waals surface area contributed by atoms with Crippen molar-refractivity contribution in [2.75, 3.05) is 7.11 Å². The number of carbonyl (C=O) groups excluding carboxylic acids is 1. The second-order valence-electron chi connectivity index (χ2n) is 6.75. The Hall–Kier alpha value is -3.23. The maximum atomic E-state index is 12.2. The number of nitrogens with one attached hydrogen (secondary N) is 1. The average Bonchev–Trinajstić information content (AvgIpc) is 3.29. The van der Waals surface area contributed by atoms with Gasteiger partial charge in [-0.25, -0.2) is 9.36 Å². The van der Waals surface area contributed by atoms with Crippen LogP contribution < -0.4 is 10.1 Å². The van der Waals surface area contributed by atoms with Crippen molar-refractivity contribution in [1.29, 1.82) is 0 Å². The number of hydrogen-bond donors (Lipinski definition) is 1. The van der Waals surface area contributed by atoms with Crippen molar-refractivity contribution in [3.05, 3.63) is 48.0 Å². The molecular formula is C17H21N7O2. The van der Waals surface area contributed by atoms with Crippen LogP contribution >= 0.6 is 0 Å². The third-order valence-corrected chi connectivity index (χ3v) is 3.72. The van der Waals surface area contributed by atoms with Crippen molar-refractivity contribution in [2.24, 2.45) is 0 Å². The Labute approximate surface area is 151 Å². The fourth-order valence-corrected chi connectivity index (χ4v) is 2.20. The van der Waals surface area contributed by atoms with Crippen molar-refractivity contribution in [3.8, 4) is 11.4 Å². The summed E-state index contributed by atoms with van der Waals surface area (Å²) in [7, 11) is 1.62. The summed E-state index contributed by atoms with van der Waals surface area (Å²) in [5.41, 5.74) is 1.52. The standard InChI is InChI=1S/C17H21N7O2/c1-17(2,3)24-11-15(20-22-24)16(25)18-9-12-10-23(21-19-12)13-5-7-14(26-4)8-6-13/h5-8,10-11H,9H2,1-4H3,(H,18,25). The van der Waals surface area contributed by atoms with Gasteiger partial charge in [-0.15, -0.1) is 10.2 Å². The number of rotatable bonds is 5. The van der Waals surface area contributed by atoms with Crippen molar-refractivity contribution in [3.63, 3.8) is 0 Å². The highest BCUT2D eigenvalue weighted by Crippen LogP contribution is 2.14. The highest BCUT2D eigenvalue weighted by molar-refractivity contribution is 5.91. The summed E-state index contributed by atoms with van der Waals surface area (Å²) < 4.78 is 8.42. The summed E-state index contributed by atoms with van der Waals surface area (Å²) in [5.74, 6) is 0.462. The molecule has 0 unspecified atom stereocenters. The van der Waals surface area contributed by atoms with E-state index in [0.29, 0.717) is 5.69 Å². The van der Waals surface area contributed by atoms with E-state index in [1.807, 2.05) is 45.0 Å². The zero-order valence-electron chi connectivity index (χ0n) is 15.2. The lowest BCUT2D eigenvalue weighted by Crippen LogP contribution is -2.24. The molecule has 0 spiro atoms. The van der Waals surface area contributed by atoms with Crippen molar-refractivity contribution < 1.29 is 9.53 Å². The zero-order chi connectivity index (χ0) is 18.7. The van der Waals surface area contributed by atoms with E-state index in [1.54, 1.807) is 28.9 Å². The van der Waals surface area contributed by atoms with E-state index in [1.165, 1.54) is 0 Å². The number of ether oxygens (including phenoxy) is 1. The van der Waals surface area contributed by atoms with E-state index in [4.69, 9.17) is 4.74 Å². The molecule has 0 atom stereocenters. The fraction of sp³-hybridized carbons (Fsp3) is 0.353. The third kappa shape index (κ3) is 3.88. The Morgan fingerprint density at radius 1 is 1.12 bits per heavy atom. The van der Waals surface area contributed by atoms with Gasteiger partial charge in [0, 0.05) is 0 Å². The van der Waals surface area contributed by atoms with Crippen molar-refractivity contribution in [1.82, 2.24) is 35.3 Å². The summed E-state index contributed by atoms with van der Waals surface area (Å²) in [6, 6.07) is 7.44. The molecule has 2 aromatic heterocycles. The maximum Gasteiger partial charge on any atom is 0.273 e. The van der Waals surface area contributed by atoms with Crippen LogP contribution in [-0.4, -0.2) is 43.0 Å². The number of aromatic nitrogens is 6. The van der Waals surface area contributed by atoms with Crippen molar-refractivity contribution in [2.45, 2.75) is 32.9 Å². The highest BCUT2D eigenvalue weighted by Gasteiger charge is 2.18. The first kappa shape index (κ1) is 17.6. The molecule has 0 aliphatic rings. The smallest absolute Gasteiger partial charge is 0.273 e. The van der Waals surface area contributed by atoms with E-state index in [0.717, 1.165) is 11.4 Å². The lowest BCUT2D eigenvalue weighted by Gasteiger charge is -2.17. The van der Waals surface area contributed by atoms with E-state index in [-0.39, 0.29) is 23.7 Å². The maximum absolute atomic E-state index is 12.2. The Kier molecular flexibility index (Phi) is 4.70. The molecule has 2 heterocycles. The lowest BCUT2D eigenvalue weighted by molar-refractivity contribution is 0.0945. The van der Waals surface area contributed by atoms with Crippen LogP contribution in [0.1, 0.15) is 37.0 Å². The van der Waals surface area contributed by atoms with Crippen LogP contribution in [0, 0.1) is 0 Å². The SMILES string of the molecule is COc1ccc(-n2cc(CNC(=O)c3cn(C(C)(C)C)nn3)nn2)cc1. The number of benzene rings is 1. The van der Waals surface area contributed by atoms with Gasteiger partial charge in [0.2, 0.25) is 0 Å². The first-order valence-corrected chi connectivity index (χ1v) is 8.13. The number of amides is 1. The topological polar surface area (TPSA) is 99.8 Å². The number of nitrogens with zero attached hydrogens (tertiary/aromatic N) is 6. The van der Waals surface area contributed by atoms with E-state index >= 15 is 0 Å². The molecule has 9 heteroatoms. The van der Waals surface area contributed by atoms with Gasteiger partial charge in [-0.2, -0.15) is 0 Å². The van der Waals surface area contributed by atoms with Crippen LogP contribution in [0.15, 0.2) is 36.7 Å². The molecule has 3 aromatic rings. The van der Waals surface area contributed by atoms with Gasteiger partial charge in [0.05, 0.1) is 37.3 Å². The summed E-state index contributed by atoms with van der Waals surface area (Å²) in [6.45, 7) is 6.21. The van der Waals surface area contributed by atoms with Crippen LogP contribution in [0.2, 0.25) is 0 Å². The molecule has 0 saturated heterocycles. The molecule has 0 radical (unpaired) electrons. The summed E-state index contributed by atoms with van der Waals surface area (Å²) >= 11 is 0. The first-order chi connectivity index (χ1) is 12.4. The number of hydrogen-bond acceptors (Lipinski definition) is 6. The minimum atomic E-state index is -0.306. The average molecular weight is 355 g/mol. The summed E-state index contributed by atoms with van der Waals surface area (Å²) in [5, 5.41) is 18.8. The van der Waals surface area contributed by atoms with E-state index in [2.05, 4.69) is 25.9 Å². The van der Waals surface area contributed by atoms with Gasteiger partial charge in [0.25, 0.3) is 5.91 Å². The summed E-state index contributed by atoms with van der Waals surface area (Å²) in [6.07, 6.45) is 3.39. The number of methoxy groups -OCH3 is 1. The van der Waals surface area contributed by atoms with Crippen molar-refractivity contribution >= 4 is 5.91 Å². The molecule has 1 amide bonds. The second-order valence-corrected chi connectivity index (χ2v) is 6.75. The predicted molar refractivity (Wildman–Crippen MR) is 94.1 cm³/mol. The molecule has 26 heavy (non-hydrogen) atoms. The highest BCUT2D eigenvalue weighted by atomic mass is 16.5. The predicted octanol–water partition coefficient (Wildman–Crippen LogP) is 1.55. The van der Waals surface area contributed by atoms with Gasteiger partial charge in [-0.05, 0) is 45.0 Å². The van der Waals surface area contributed by atoms with Crippen LogP contribution in [0.25, 0.3) is 5.69 Å². The largest absolute Gasteiger partial charge is 0.497 e. The molecule has 0 saturated carbocycles. The van der Waals surface area contributed by atoms with E-state index in [9.17, 15) is 4.79 Å². The Bertz CT molecular complexity index is 890. The lowest BCUT2D eigenvalue weighted by atomic mass is 10.1. The molecular weight excluding hydrogens is 334 g/mol. The molecule has 1 aromatic carbocycles. The third-order valence-electron chi connectivity index (χ3n) is 3.72. The molecule has 9 nitrogen and oxygen atoms in total. The monoisotopic (exact) mass is 355 g/mol. The number of carbonyl (C=O) groups is 1. The molecule has 3 rings (SSSR count). The van der Waals surface area contributed by atoms with Gasteiger partial charge in [0.1, 0.15) is 11.4 Å². The normalized spacial score (nSPS) is 11.4. The van der Waals surface area contributed by atoms with Crippen LogP contribution in [0.4, 0.5) is 0 Å². The summed E-state index contributed by atoms with van der Waals surface area (Å²) in [4.78, 5) is 12.2. The van der Waals surface area contributed by atoms with Gasteiger partial charge >= 0.3 is 0 Å². The van der Waals surface area contributed by atoms with Gasteiger partial charge in [-0.1, -0.05) is 10.4 Å². The molecule has 0 bridgehead atoms. The Morgan fingerprint density at radius 3 is 2.46 bits per heavy atom. The van der Waals surface area contributed by atoms with Crippen LogP contribution in [0.5, 0.6) is 5.75 Å². The minimum absolute atomic E-state index is 0.230. The Balaban J connectivity index is 1.62. The molecule has 136 valence electrons. The second kappa shape index (κ2) is 6.95. The fourth-order valence-electron chi connectivity index (χ4n) is 2.20.